The van der Waals surface area contributed by atoms with Gasteiger partial charge in [-0.25, -0.2) is 9.97 Å². The van der Waals surface area contributed by atoms with Gasteiger partial charge in [0.1, 0.15) is 18.0 Å². The van der Waals surface area contributed by atoms with E-state index in [1.165, 1.54) is 19.3 Å². The first kappa shape index (κ1) is 12.1. The molecule has 0 amide bonds. The van der Waals surface area contributed by atoms with Gasteiger partial charge >= 0.3 is 0 Å². The summed E-state index contributed by atoms with van der Waals surface area (Å²) in [5.41, 5.74) is 0. The Balaban J connectivity index is 2.09. The van der Waals surface area contributed by atoms with E-state index in [1.807, 2.05) is 18.0 Å². The van der Waals surface area contributed by atoms with E-state index in [1.54, 1.807) is 6.33 Å². The van der Waals surface area contributed by atoms with Crippen molar-refractivity contribution in [2.45, 2.75) is 19.3 Å². The number of hydrogen-bond acceptors (Lipinski definition) is 5. The van der Waals surface area contributed by atoms with E-state index < -0.39 is 0 Å². The number of likely N-dealkylation sites (N-methyl/N-ethyl adjacent to an activating group) is 1. The zero-order chi connectivity index (χ0) is 12.1. The van der Waals surface area contributed by atoms with Crippen LogP contribution in [0.5, 0.6) is 0 Å². The summed E-state index contributed by atoms with van der Waals surface area (Å²) in [7, 11) is 1.93. The Morgan fingerprint density at radius 2 is 2.06 bits per heavy atom. The van der Waals surface area contributed by atoms with Crippen molar-refractivity contribution in [1.82, 2.24) is 9.97 Å². The first-order valence-electron chi connectivity index (χ1n) is 6.20. The molecule has 0 aromatic carbocycles. The van der Waals surface area contributed by atoms with E-state index in [4.69, 9.17) is 5.11 Å². The second-order valence-corrected chi connectivity index (χ2v) is 4.43. The van der Waals surface area contributed by atoms with Crippen molar-refractivity contribution in [3.63, 3.8) is 0 Å². The summed E-state index contributed by atoms with van der Waals surface area (Å²) in [5.74, 6) is 1.87. The normalized spacial score (nSPS) is 16.0. The number of nitrogens with zero attached hydrogens (tertiary/aromatic N) is 4. The number of piperidine rings is 1. The molecule has 0 radical (unpaired) electrons. The quantitative estimate of drug-likeness (QED) is 0.841. The molecule has 5 nitrogen and oxygen atoms in total. The number of anilines is 2. The molecule has 1 aliphatic rings. The molecule has 94 valence electrons. The molecule has 2 rings (SSSR count). The molecule has 0 atom stereocenters. The van der Waals surface area contributed by atoms with Crippen molar-refractivity contribution in [1.29, 1.82) is 0 Å². The Labute approximate surface area is 102 Å². The highest BCUT2D eigenvalue weighted by atomic mass is 16.3. The van der Waals surface area contributed by atoms with Crippen LogP contribution in [0.25, 0.3) is 0 Å². The molecule has 0 bridgehead atoms. The lowest BCUT2D eigenvalue weighted by Crippen LogP contribution is -2.30. The van der Waals surface area contributed by atoms with Gasteiger partial charge in [0.2, 0.25) is 0 Å². The maximum atomic E-state index is 8.92. The Morgan fingerprint density at radius 3 is 2.76 bits per heavy atom. The molecular weight excluding hydrogens is 216 g/mol. The number of aliphatic hydroxyl groups excluding tert-OH is 1. The third-order valence-electron chi connectivity index (χ3n) is 3.14. The molecule has 1 N–H and O–H groups in total. The Kier molecular flexibility index (Phi) is 4.14. The summed E-state index contributed by atoms with van der Waals surface area (Å²) in [6.07, 6.45) is 5.41. The van der Waals surface area contributed by atoms with Crippen LogP contribution in [0.3, 0.4) is 0 Å². The van der Waals surface area contributed by atoms with Gasteiger partial charge in [-0.3, -0.25) is 0 Å². The van der Waals surface area contributed by atoms with Gasteiger partial charge in [-0.2, -0.15) is 0 Å². The van der Waals surface area contributed by atoms with Gasteiger partial charge in [0, 0.05) is 32.7 Å². The standard InChI is InChI=1S/C12H20N4O/c1-15(7-8-17)11-9-12(14-10-13-11)16-5-3-2-4-6-16/h9-10,17H,2-8H2,1H3. The average molecular weight is 236 g/mol. The van der Waals surface area contributed by atoms with E-state index in [-0.39, 0.29) is 6.61 Å². The minimum atomic E-state index is 0.138. The SMILES string of the molecule is CN(CCO)c1cc(N2CCCCC2)ncn1. The maximum absolute atomic E-state index is 8.92. The van der Waals surface area contributed by atoms with Crippen LogP contribution in [-0.4, -0.2) is 48.4 Å². The predicted octanol–water partition coefficient (Wildman–Crippen LogP) is 0.895. The van der Waals surface area contributed by atoms with Gasteiger partial charge in [-0.1, -0.05) is 0 Å². The van der Waals surface area contributed by atoms with Gasteiger partial charge in [0.15, 0.2) is 0 Å². The van der Waals surface area contributed by atoms with Crippen molar-refractivity contribution in [3.8, 4) is 0 Å². The highest BCUT2D eigenvalue weighted by Crippen LogP contribution is 2.20. The van der Waals surface area contributed by atoms with Crippen molar-refractivity contribution >= 4 is 11.6 Å². The largest absolute Gasteiger partial charge is 0.395 e. The number of hydrogen-bond donors (Lipinski definition) is 1. The maximum Gasteiger partial charge on any atom is 0.134 e. The average Bonchev–Trinajstić information content (AvgIpc) is 2.40. The Hall–Kier alpha value is -1.36. The highest BCUT2D eigenvalue weighted by Gasteiger charge is 2.13. The summed E-state index contributed by atoms with van der Waals surface area (Å²) in [4.78, 5) is 12.8. The van der Waals surface area contributed by atoms with Gasteiger partial charge in [0.05, 0.1) is 6.61 Å². The molecule has 1 aromatic heterocycles. The molecule has 0 unspecified atom stereocenters. The minimum Gasteiger partial charge on any atom is -0.395 e. The smallest absolute Gasteiger partial charge is 0.134 e. The van der Waals surface area contributed by atoms with Crippen LogP contribution in [0.1, 0.15) is 19.3 Å². The third-order valence-corrected chi connectivity index (χ3v) is 3.14. The van der Waals surface area contributed by atoms with Crippen LogP contribution in [0.4, 0.5) is 11.6 Å². The van der Waals surface area contributed by atoms with E-state index in [9.17, 15) is 0 Å². The van der Waals surface area contributed by atoms with Crippen molar-refractivity contribution in [2.24, 2.45) is 0 Å². The van der Waals surface area contributed by atoms with Crippen LogP contribution in [-0.2, 0) is 0 Å². The minimum absolute atomic E-state index is 0.138. The van der Waals surface area contributed by atoms with Crippen LogP contribution < -0.4 is 9.80 Å². The van der Waals surface area contributed by atoms with Crippen LogP contribution in [0.2, 0.25) is 0 Å². The van der Waals surface area contributed by atoms with Crippen molar-refractivity contribution < 1.29 is 5.11 Å². The van der Waals surface area contributed by atoms with Gasteiger partial charge in [-0.05, 0) is 19.3 Å². The third kappa shape index (κ3) is 3.06. The molecule has 1 aromatic rings. The Bertz CT molecular complexity index is 352. The summed E-state index contributed by atoms with van der Waals surface area (Å²) in [5, 5.41) is 8.92. The number of aliphatic hydroxyl groups is 1. The van der Waals surface area contributed by atoms with Crippen molar-refractivity contribution in [2.75, 3.05) is 43.1 Å². The molecule has 0 spiro atoms. The second-order valence-electron chi connectivity index (χ2n) is 4.43. The van der Waals surface area contributed by atoms with Gasteiger partial charge in [0.25, 0.3) is 0 Å². The van der Waals surface area contributed by atoms with Crippen molar-refractivity contribution in [3.05, 3.63) is 12.4 Å². The zero-order valence-electron chi connectivity index (χ0n) is 10.3. The molecule has 1 aliphatic heterocycles. The molecule has 1 saturated heterocycles. The summed E-state index contributed by atoms with van der Waals surface area (Å²) in [6, 6.07) is 2.00. The molecule has 0 saturated carbocycles. The molecular formula is C12H20N4O. The molecule has 17 heavy (non-hydrogen) atoms. The zero-order valence-corrected chi connectivity index (χ0v) is 10.3. The fourth-order valence-electron chi connectivity index (χ4n) is 2.11. The van der Waals surface area contributed by atoms with E-state index >= 15 is 0 Å². The highest BCUT2D eigenvalue weighted by molar-refractivity contribution is 5.49. The first-order chi connectivity index (χ1) is 8.31. The van der Waals surface area contributed by atoms with Crippen LogP contribution in [0, 0.1) is 0 Å². The lowest BCUT2D eigenvalue weighted by Gasteiger charge is -2.28. The van der Waals surface area contributed by atoms with Crippen LogP contribution in [0.15, 0.2) is 12.4 Å². The number of aromatic nitrogens is 2. The predicted molar refractivity (Wildman–Crippen MR) is 68.5 cm³/mol. The van der Waals surface area contributed by atoms with Gasteiger partial charge < -0.3 is 14.9 Å². The Morgan fingerprint density at radius 1 is 1.29 bits per heavy atom. The molecule has 1 fully saturated rings. The van der Waals surface area contributed by atoms with Gasteiger partial charge in [-0.15, -0.1) is 0 Å². The topological polar surface area (TPSA) is 52.5 Å². The summed E-state index contributed by atoms with van der Waals surface area (Å²) >= 11 is 0. The fraction of sp³-hybridized carbons (Fsp3) is 0.667. The molecule has 5 heteroatoms. The first-order valence-corrected chi connectivity index (χ1v) is 6.20. The summed E-state index contributed by atoms with van der Waals surface area (Å²) in [6.45, 7) is 2.90. The fourth-order valence-corrected chi connectivity index (χ4v) is 2.11. The lowest BCUT2D eigenvalue weighted by molar-refractivity contribution is 0.304. The van der Waals surface area contributed by atoms with Crippen LogP contribution >= 0.6 is 0 Å². The van der Waals surface area contributed by atoms with E-state index in [0.717, 1.165) is 24.7 Å². The molecule has 0 aliphatic carbocycles. The lowest BCUT2D eigenvalue weighted by atomic mass is 10.1. The summed E-state index contributed by atoms with van der Waals surface area (Å²) < 4.78 is 0. The monoisotopic (exact) mass is 236 g/mol. The molecule has 2 heterocycles. The second kappa shape index (κ2) is 5.82. The van der Waals surface area contributed by atoms with E-state index in [2.05, 4.69) is 14.9 Å². The van der Waals surface area contributed by atoms with E-state index in [0.29, 0.717) is 6.54 Å². The number of rotatable bonds is 4.